The van der Waals surface area contributed by atoms with Gasteiger partial charge in [0.1, 0.15) is 17.3 Å². The maximum atomic E-state index is 13.1. The second kappa shape index (κ2) is 7.61. The molecule has 2 aromatic rings. The number of carbonyl (C=O) groups excluding carboxylic acids is 1. The van der Waals surface area contributed by atoms with E-state index in [0.29, 0.717) is 22.2 Å². The molecule has 7 heteroatoms. The van der Waals surface area contributed by atoms with Crippen molar-refractivity contribution in [2.45, 2.75) is 19.4 Å². The Kier molecular flexibility index (Phi) is 5.74. The Hall–Kier alpha value is -2.47. The van der Waals surface area contributed by atoms with Crippen LogP contribution in [0.5, 0.6) is 11.5 Å². The molecule has 0 bridgehead atoms. The normalized spacial score (nSPS) is 11.0. The molecule has 5 nitrogen and oxygen atoms in total. The first kappa shape index (κ1) is 18.9. The first-order valence-corrected chi connectivity index (χ1v) is 7.91. The Balaban J connectivity index is 2.18. The van der Waals surface area contributed by atoms with Crippen molar-refractivity contribution in [1.82, 2.24) is 5.32 Å². The van der Waals surface area contributed by atoms with E-state index in [0.717, 1.165) is 5.56 Å². The average molecular weight is 367 g/mol. The molecule has 2 rings (SSSR count). The number of nitrogens with one attached hydrogen (secondary N) is 2. The van der Waals surface area contributed by atoms with E-state index >= 15 is 0 Å². The highest BCUT2D eigenvalue weighted by Crippen LogP contribution is 2.36. The van der Waals surface area contributed by atoms with Crippen molar-refractivity contribution in [3.8, 4) is 11.5 Å². The Morgan fingerprint density at radius 3 is 2.24 bits per heavy atom. The van der Waals surface area contributed by atoms with E-state index in [9.17, 15) is 9.18 Å². The minimum Gasteiger partial charge on any atom is -0.495 e. The summed E-state index contributed by atoms with van der Waals surface area (Å²) in [5, 5.41) is 5.93. The number of halogens is 2. The minimum atomic E-state index is -0.707. The lowest BCUT2D eigenvalue weighted by molar-refractivity contribution is 0.241. The monoisotopic (exact) mass is 366 g/mol. The van der Waals surface area contributed by atoms with Gasteiger partial charge in [-0.2, -0.15) is 0 Å². The van der Waals surface area contributed by atoms with Crippen LogP contribution in [-0.2, 0) is 5.54 Å². The number of anilines is 1. The van der Waals surface area contributed by atoms with Crippen LogP contribution in [0.3, 0.4) is 0 Å². The molecule has 0 aliphatic heterocycles. The second-order valence-corrected chi connectivity index (χ2v) is 6.31. The predicted molar refractivity (Wildman–Crippen MR) is 96.1 cm³/mol. The number of rotatable bonds is 5. The van der Waals surface area contributed by atoms with Crippen molar-refractivity contribution >= 4 is 23.3 Å². The van der Waals surface area contributed by atoms with E-state index in [2.05, 4.69) is 10.6 Å². The van der Waals surface area contributed by atoms with Crippen molar-refractivity contribution < 1.29 is 18.7 Å². The zero-order chi connectivity index (χ0) is 18.6. The van der Waals surface area contributed by atoms with Crippen LogP contribution in [0, 0.1) is 5.82 Å². The molecule has 2 amide bonds. The van der Waals surface area contributed by atoms with Crippen molar-refractivity contribution in [2.75, 3.05) is 19.5 Å². The van der Waals surface area contributed by atoms with E-state index in [1.807, 2.05) is 13.8 Å². The molecule has 0 aliphatic carbocycles. The summed E-state index contributed by atoms with van der Waals surface area (Å²) in [5.74, 6) is 0.484. The quantitative estimate of drug-likeness (QED) is 0.815. The first-order valence-electron chi connectivity index (χ1n) is 7.53. The van der Waals surface area contributed by atoms with Gasteiger partial charge in [-0.3, -0.25) is 0 Å². The number of hydrogen-bond donors (Lipinski definition) is 2. The fourth-order valence-electron chi connectivity index (χ4n) is 2.33. The van der Waals surface area contributed by atoms with Crippen LogP contribution in [0.25, 0.3) is 0 Å². The molecule has 0 spiro atoms. The lowest BCUT2D eigenvalue weighted by atomic mass is 9.94. The van der Waals surface area contributed by atoms with Crippen LogP contribution in [0.4, 0.5) is 14.9 Å². The summed E-state index contributed by atoms with van der Waals surface area (Å²) in [5.41, 5.74) is 0.475. The maximum absolute atomic E-state index is 13.1. The SMILES string of the molecule is COc1cc(NC(=O)NC(C)(C)c2ccc(F)cc2)c(OC)cc1Cl. The van der Waals surface area contributed by atoms with Gasteiger partial charge >= 0.3 is 6.03 Å². The molecular weight excluding hydrogens is 347 g/mol. The molecule has 0 atom stereocenters. The smallest absolute Gasteiger partial charge is 0.320 e. The van der Waals surface area contributed by atoms with Crippen molar-refractivity contribution in [2.24, 2.45) is 0 Å². The third kappa shape index (κ3) is 4.54. The van der Waals surface area contributed by atoms with Gasteiger partial charge in [-0.1, -0.05) is 23.7 Å². The molecule has 0 saturated carbocycles. The van der Waals surface area contributed by atoms with Crippen LogP contribution >= 0.6 is 11.6 Å². The third-order valence-corrected chi connectivity index (χ3v) is 4.01. The Labute approximate surface area is 151 Å². The third-order valence-electron chi connectivity index (χ3n) is 3.71. The first-order chi connectivity index (χ1) is 11.8. The fourth-order valence-corrected chi connectivity index (χ4v) is 2.57. The molecule has 0 aliphatic rings. The lowest BCUT2D eigenvalue weighted by Gasteiger charge is -2.27. The molecule has 134 valence electrons. The van der Waals surface area contributed by atoms with Gasteiger partial charge < -0.3 is 20.1 Å². The van der Waals surface area contributed by atoms with Gasteiger partial charge in [-0.25, -0.2) is 9.18 Å². The van der Waals surface area contributed by atoms with Gasteiger partial charge in [0.25, 0.3) is 0 Å². The van der Waals surface area contributed by atoms with Gasteiger partial charge in [-0.15, -0.1) is 0 Å². The van der Waals surface area contributed by atoms with Gasteiger partial charge in [0, 0.05) is 12.1 Å². The standard InChI is InChI=1S/C18H20ClFN2O3/c1-18(2,11-5-7-12(20)8-6-11)22-17(23)21-14-10-15(24-3)13(19)9-16(14)25-4/h5-10H,1-4H3,(H2,21,22,23). The van der Waals surface area contributed by atoms with Gasteiger partial charge in [0.15, 0.2) is 0 Å². The highest BCUT2D eigenvalue weighted by molar-refractivity contribution is 6.32. The van der Waals surface area contributed by atoms with Crippen LogP contribution in [0.15, 0.2) is 36.4 Å². The fraction of sp³-hybridized carbons (Fsp3) is 0.278. The molecular formula is C18H20ClFN2O3. The maximum Gasteiger partial charge on any atom is 0.320 e. The average Bonchev–Trinajstić information content (AvgIpc) is 2.55. The number of ether oxygens (including phenoxy) is 2. The highest BCUT2D eigenvalue weighted by Gasteiger charge is 2.23. The molecule has 0 unspecified atom stereocenters. The van der Waals surface area contributed by atoms with E-state index < -0.39 is 11.6 Å². The number of benzene rings is 2. The number of methoxy groups -OCH3 is 2. The minimum absolute atomic E-state index is 0.331. The number of urea groups is 1. The van der Waals surface area contributed by atoms with E-state index in [-0.39, 0.29) is 5.82 Å². The van der Waals surface area contributed by atoms with Gasteiger partial charge in [0.2, 0.25) is 0 Å². The van der Waals surface area contributed by atoms with Crippen LogP contribution in [0.2, 0.25) is 5.02 Å². The summed E-state index contributed by atoms with van der Waals surface area (Å²) in [6, 6.07) is 8.64. The largest absolute Gasteiger partial charge is 0.495 e. The summed E-state index contributed by atoms with van der Waals surface area (Å²) in [6.07, 6.45) is 0. The number of carbonyl (C=O) groups is 1. The molecule has 25 heavy (non-hydrogen) atoms. The summed E-state index contributed by atoms with van der Waals surface area (Å²) in [7, 11) is 2.96. The predicted octanol–water partition coefficient (Wildman–Crippen LogP) is 4.55. The summed E-state index contributed by atoms with van der Waals surface area (Å²) >= 11 is 6.05. The van der Waals surface area contributed by atoms with Gasteiger partial charge in [-0.05, 0) is 31.5 Å². The molecule has 0 aromatic heterocycles. The van der Waals surface area contributed by atoms with E-state index in [1.165, 1.54) is 26.4 Å². The van der Waals surface area contributed by atoms with Crippen LogP contribution < -0.4 is 20.1 Å². The number of hydrogen-bond acceptors (Lipinski definition) is 3. The summed E-state index contributed by atoms with van der Waals surface area (Å²) in [6.45, 7) is 3.64. The molecule has 0 saturated heterocycles. The number of amides is 2. The highest BCUT2D eigenvalue weighted by atomic mass is 35.5. The molecule has 0 radical (unpaired) electrons. The zero-order valence-electron chi connectivity index (χ0n) is 14.4. The van der Waals surface area contributed by atoms with Crippen molar-refractivity contribution in [3.63, 3.8) is 0 Å². The van der Waals surface area contributed by atoms with Crippen molar-refractivity contribution in [1.29, 1.82) is 0 Å². The Morgan fingerprint density at radius 1 is 1.08 bits per heavy atom. The van der Waals surface area contributed by atoms with E-state index in [1.54, 1.807) is 24.3 Å². The summed E-state index contributed by atoms with van der Waals surface area (Å²) < 4.78 is 23.5. The molecule has 0 fully saturated rings. The topological polar surface area (TPSA) is 59.6 Å². The second-order valence-electron chi connectivity index (χ2n) is 5.90. The Morgan fingerprint density at radius 2 is 1.68 bits per heavy atom. The zero-order valence-corrected chi connectivity index (χ0v) is 15.2. The molecule has 2 N–H and O–H groups in total. The van der Waals surface area contributed by atoms with Crippen molar-refractivity contribution in [3.05, 3.63) is 52.8 Å². The van der Waals surface area contributed by atoms with Gasteiger partial charge in [0.05, 0.1) is 30.5 Å². The van der Waals surface area contributed by atoms with Crippen LogP contribution in [0.1, 0.15) is 19.4 Å². The molecule has 0 heterocycles. The van der Waals surface area contributed by atoms with E-state index in [4.69, 9.17) is 21.1 Å². The lowest BCUT2D eigenvalue weighted by Crippen LogP contribution is -2.43. The van der Waals surface area contributed by atoms with Crippen LogP contribution in [-0.4, -0.2) is 20.3 Å². The summed E-state index contributed by atoms with van der Waals surface area (Å²) in [4.78, 5) is 12.4. The molecule has 2 aromatic carbocycles. The Bertz CT molecular complexity index is 764.